The molecule has 2 rings (SSSR count). The number of aromatic nitrogens is 1. The normalized spacial score (nSPS) is 12.0. The molecule has 0 fully saturated rings. The number of benzene rings is 1. The number of anilines is 1. The van der Waals surface area contributed by atoms with Crippen molar-refractivity contribution in [3.63, 3.8) is 0 Å². The fraction of sp³-hybridized carbons (Fsp3) is 0.200. The van der Waals surface area contributed by atoms with Gasteiger partial charge in [0, 0.05) is 18.3 Å². The number of hydrogen-bond acceptors (Lipinski definition) is 4. The van der Waals surface area contributed by atoms with Crippen molar-refractivity contribution >= 4 is 23.2 Å². The third kappa shape index (κ3) is 4.00. The van der Waals surface area contributed by atoms with E-state index in [1.165, 1.54) is 25.3 Å². The van der Waals surface area contributed by atoms with Gasteiger partial charge in [-0.1, -0.05) is 17.7 Å². The Balaban J connectivity index is 1.98. The number of ketones is 1. The lowest BCUT2D eigenvalue weighted by atomic mass is 10.1. The second-order valence-electron chi connectivity index (χ2n) is 4.56. The summed E-state index contributed by atoms with van der Waals surface area (Å²) in [7, 11) is 0. The number of nitrogens with one attached hydrogen (secondary N) is 1. The van der Waals surface area contributed by atoms with Crippen LogP contribution >= 0.6 is 11.6 Å². The van der Waals surface area contributed by atoms with Crippen molar-refractivity contribution in [2.75, 3.05) is 11.9 Å². The number of aliphatic hydroxyl groups is 1. The standard InChI is InChI=1S/C15H14ClFN2O2/c1-9(20)11-3-5-15(18-7-11)19-8-14(21)10-2-4-12(16)13(17)6-10/h2-7,14,21H,8H2,1H3,(H,18,19)/t14-/m1/s1. The Morgan fingerprint density at radius 2 is 2.19 bits per heavy atom. The molecule has 6 heteroatoms. The number of nitrogens with zero attached hydrogens (tertiary/aromatic N) is 1. The number of carbonyl (C=O) groups is 1. The third-order valence-electron chi connectivity index (χ3n) is 2.97. The second-order valence-corrected chi connectivity index (χ2v) is 4.97. The topological polar surface area (TPSA) is 62.2 Å². The zero-order valence-electron chi connectivity index (χ0n) is 11.3. The fourth-order valence-electron chi connectivity index (χ4n) is 1.75. The van der Waals surface area contributed by atoms with Crippen LogP contribution in [-0.4, -0.2) is 22.4 Å². The molecule has 0 unspecified atom stereocenters. The zero-order valence-corrected chi connectivity index (χ0v) is 12.1. The largest absolute Gasteiger partial charge is 0.387 e. The molecule has 2 N–H and O–H groups in total. The lowest BCUT2D eigenvalue weighted by Crippen LogP contribution is -2.13. The lowest BCUT2D eigenvalue weighted by molar-refractivity contribution is 0.101. The van der Waals surface area contributed by atoms with Crippen LogP contribution < -0.4 is 5.32 Å². The van der Waals surface area contributed by atoms with E-state index in [4.69, 9.17) is 11.6 Å². The van der Waals surface area contributed by atoms with Gasteiger partial charge in [0.05, 0.1) is 11.1 Å². The van der Waals surface area contributed by atoms with Crippen molar-refractivity contribution < 1.29 is 14.3 Å². The van der Waals surface area contributed by atoms with E-state index in [1.54, 1.807) is 18.2 Å². The van der Waals surface area contributed by atoms with Crippen molar-refractivity contribution in [1.29, 1.82) is 0 Å². The molecule has 0 aliphatic carbocycles. The van der Waals surface area contributed by atoms with Crippen LogP contribution in [0.3, 0.4) is 0 Å². The summed E-state index contributed by atoms with van der Waals surface area (Å²) in [5.74, 6) is -0.114. The number of rotatable bonds is 5. The van der Waals surface area contributed by atoms with Gasteiger partial charge in [0.2, 0.25) is 0 Å². The molecule has 0 radical (unpaired) electrons. The highest BCUT2D eigenvalue weighted by Gasteiger charge is 2.10. The minimum atomic E-state index is -0.897. The molecule has 2 aromatic rings. The summed E-state index contributed by atoms with van der Waals surface area (Å²) in [5, 5.41) is 12.9. The molecule has 110 valence electrons. The number of pyridine rings is 1. The summed E-state index contributed by atoms with van der Waals surface area (Å²) in [6.07, 6.45) is 0.560. The molecule has 1 aromatic heterocycles. The molecule has 0 amide bonds. The number of halogens is 2. The van der Waals surface area contributed by atoms with Crippen molar-refractivity contribution in [1.82, 2.24) is 4.98 Å². The molecule has 0 spiro atoms. The molecule has 1 heterocycles. The summed E-state index contributed by atoms with van der Waals surface area (Å²) in [4.78, 5) is 15.2. The van der Waals surface area contributed by atoms with Crippen LogP contribution in [0.5, 0.6) is 0 Å². The predicted molar refractivity (Wildman–Crippen MR) is 79.1 cm³/mol. The third-order valence-corrected chi connectivity index (χ3v) is 3.28. The highest BCUT2D eigenvalue weighted by Crippen LogP contribution is 2.20. The van der Waals surface area contributed by atoms with Crippen LogP contribution in [0, 0.1) is 5.82 Å². The van der Waals surface area contributed by atoms with Crippen LogP contribution in [0.4, 0.5) is 10.2 Å². The SMILES string of the molecule is CC(=O)c1ccc(NC[C@@H](O)c2ccc(Cl)c(F)c2)nc1. The molecule has 0 aliphatic rings. The molecule has 1 atom stereocenters. The van der Waals surface area contributed by atoms with Crippen LogP contribution in [0.15, 0.2) is 36.5 Å². The Labute approximate surface area is 126 Å². The maximum Gasteiger partial charge on any atom is 0.161 e. The van der Waals surface area contributed by atoms with Gasteiger partial charge in [-0.2, -0.15) is 0 Å². The van der Waals surface area contributed by atoms with E-state index in [0.717, 1.165) is 0 Å². The number of carbonyl (C=O) groups excluding carboxylic acids is 1. The van der Waals surface area contributed by atoms with E-state index in [9.17, 15) is 14.3 Å². The van der Waals surface area contributed by atoms with Crippen LogP contribution in [0.2, 0.25) is 5.02 Å². The van der Waals surface area contributed by atoms with E-state index in [2.05, 4.69) is 10.3 Å². The van der Waals surface area contributed by atoms with E-state index < -0.39 is 11.9 Å². The average Bonchev–Trinajstić information content (AvgIpc) is 2.48. The van der Waals surface area contributed by atoms with Crippen molar-refractivity contribution in [2.45, 2.75) is 13.0 Å². The minimum Gasteiger partial charge on any atom is -0.387 e. The first kappa shape index (κ1) is 15.4. The molecule has 0 bridgehead atoms. The molecule has 4 nitrogen and oxygen atoms in total. The molecule has 0 aliphatic heterocycles. The first-order valence-electron chi connectivity index (χ1n) is 6.31. The highest BCUT2D eigenvalue weighted by molar-refractivity contribution is 6.30. The van der Waals surface area contributed by atoms with Gasteiger partial charge in [-0.3, -0.25) is 4.79 Å². The quantitative estimate of drug-likeness (QED) is 0.833. The van der Waals surface area contributed by atoms with Crippen molar-refractivity contribution in [3.05, 3.63) is 58.5 Å². The lowest BCUT2D eigenvalue weighted by Gasteiger charge is -2.13. The number of hydrogen-bond donors (Lipinski definition) is 2. The summed E-state index contributed by atoms with van der Waals surface area (Å²) in [6, 6.07) is 7.44. The van der Waals surface area contributed by atoms with Gasteiger partial charge in [0.1, 0.15) is 11.6 Å². The summed E-state index contributed by atoms with van der Waals surface area (Å²) in [6.45, 7) is 1.62. The van der Waals surface area contributed by atoms with Crippen LogP contribution in [-0.2, 0) is 0 Å². The Kier molecular flexibility index (Phi) is 4.88. The number of Topliss-reactive ketones (excluding diaryl/α,β-unsaturated/α-hetero) is 1. The summed E-state index contributed by atoms with van der Waals surface area (Å²) < 4.78 is 13.3. The maximum absolute atomic E-state index is 13.3. The Morgan fingerprint density at radius 1 is 1.43 bits per heavy atom. The van der Waals surface area contributed by atoms with Crippen molar-refractivity contribution in [2.24, 2.45) is 0 Å². The van der Waals surface area contributed by atoms with E-state index in [0.29, 0.717) is 16.9 Å². The van der Waals surface area contributed by atoms with Gasteiger partial charge in [-0.25, -0.2) is 9.37 Å². The Hall–Kier alpha value is -1.98. The Bertz CT molecular complexity index is 647. The minimum absolute atomic E-state index is 0.0143. The molecule has 21 heavy (non-hydrogen) atoms. The summed E-state index contributed by atoms with van der Waals surface area (Å²) in [5.41, 5.74) is 0.936. The smallest absolute Gasteiger partial charge is 0.161 e. The monoisotopic (exact) mass is 308 g/mol. The molecule has 0 saturated heterocycles. The fourth-order valence-corrected chi connectivity index (χ4v) is 1.86. The van der Waals surface area contributed by atoms with Gasteiger partial charge < -0.3 is 10.4 Å². The summed E-state index contributed by atoms with van der Waals surface area (Å²) >= 11 is 5.59. The molecule has 0 saturated carbocycles. The molecular formula is C15H14ClFN2O2. The molecule has 1 aromatic carbocycles. The van der Waals surface area contributed by atoms with Crippen LogP contribution in [0.25, 0.3) is 0 Å². The average molecular weight is 309 g/mol. The number of aliphatic hydroxyl groups excluding tert-OH is 1. The zero-order chi connectivity index (χ0) is 15.4. The Morgan fingerprint density at radius 3 is 2.76 bits per heavy atom. The second kappa shape index (κ2) is 6.65. The van der Waals surface area contributed by atoms with Gasteiger partial charge >= 0.3 is 0 Å². The van der Waals surface area contributed by atoms with Gasteiger partial charge in [0.15, 0.2) is 5.78 Å². The van der Waals surface area contributed by atoms with E-state index >= 15 is 0 Å². The van der Waals surface area contributed by atoms with Gasteiger partial charge in [0.25, 0.3) is 0 Å². The first-order valence-corrected chi connectivity index (χ1v) is 6.69. The van der Waals surface area contributed by atoms with E-state index in [1.807, 2.05) is 0 Å². The van der Waals surface area contributed by atoms with Gasteiger partial charge in [-0.05, 0) is 36.8 Å². The van der Waals surface area contributed by atoms with E-state index in [-0.39, 0.29) is 17.4 Å². The highest BCUT2D eigenvalue weighted by atomic mass is 35.5. The van der Waals surface area contributed by atoms with Gasteiger partial charge in [-0.15, -0.1) is 0 Å². The predicted octanol–water partition coefficient (Wildman–Crippen LogP) is 3.22. The van der Waals surface area contributed by atoms with Crippen molar-refractivity contribution in [3.8, 4) is 0 Å². The maximum atomic E-state index is 13.3. The first-order chi connectivity index (χ1) is 9.97. The van der Waals surface area contributed by atoms with Crippen LogP contribution in [0.1, 0.15) is 28.9 Å². The molecular weight excluding hydrogens is 295 g/mol.